The number of rotatable bonds is 6. The van der Waals surface area contributed by atoms with Crippen LogP contribution in [0.5, 0.6) is 11.5 Å². The first-order valence-corrected chi connectivity index (χ1v) is 5.57. The molecule has 17 heavy (non-hydrogen) atoms. The van der Waals surface area contributed by atoms with Gasteiger partial charge in [0.15, 0.2) is 5.78 Å². The molecule has 0 aliphatic heterocycles. The van der Waals surface area contributed by atoms with Gasteiger partial charge in [0.2, 0.25) is 0 Å². The maximum atomic E-state index is 11.9. The molecule has 0 aromatic heterocycles. The van der Waals surface area contributed by atoms with Crippen LogP contribution >= 0.6 is 0 Å². The van der Waals surface area contributed by atoms with Crippen LogP contribution in [-0.2, 0) is 0 Å². The van der Waals surface area contributed by atoms with E-state index in [2.05, 4.69) is 5.32 Å². The minimum atomic E-state index is 0.0122. The van der Waals surface area contributed by atoms with Crippen LogP contribution in [0.3, 0.4) is 0 Å². The van der Waals surface area contributed by atoms with Crippen molar-refractivity contribution in [1.82, 2.24) is 5.32 Å². The molecule has 1 aromatic rings. The molecule has 0 spiro atoms. The molecule has 0 unspecified atom stereocenters. The zero-order valence-corrected chi connectivity index (χ0v) is 10.7. The molecule has 0 aliphatic rings. The van der Waals surface area contributed by atoms with Gasteiger partial charge in [-0.3, -0.25) is 4.79 Å². The molecule has 4 nitrogen and oxygen atoms in total. The highest BCUT2D eigenvalue weighted by atomic mass is 16.5. The summed E-state index contributed by atoms with van der Waals surface area (Å²) in [6, 6.07) is 5.47. The highest BCUT2D eigenvalue weighted by Crippen LogP contribution is 2.24. The summed E-state index contributed by atoms with van der Waals surface area (Å²) in [6.07, 6.45) is 0. The van der Waals surface area contributed by atoms with E-state index < -0.39 is 0 Å². The lowest BCUT2D eigenvalue weighted by atomic mass is 10.1. The minimum Gasteiger partial charge on any atom is -0.497 e. The van der Waals surface area contributed by atoms with Crippen LogP contribution in [0.4, 0.5) is 0 Å². The van der Waals surface area contributed by atoms with E-state index in [1.807, 2.05) is 13.8 Å². The summed E-state index contributed by atoms with van der Waals surface area (Å²) in [5.41, 5.74) is 0.571. The largest absolute Gasteiger partial charge is 0.497 e. The van der Waals surface area contributed by atoms with Gasteiger partial charge >= 0.3 is 0 Å². The Hall–Kier alpha value is -1.55. The fraction of sp³-hybridized carbons (Fsp3) is 0.462. The van der Waals surface area contributed by atoms with E-state index in [0.717, 1.165) is 0 Å². The number of benzene rings is 1. The first-order chi connectivity index (χ1) is 8.08. The second-order valence-corrected chi connectivity index (χ2v) is 4.02. The van der Waals surface area contributed by atoms with Crippen molar-refractivity contribution in [3.8, 4) is 11.5 Å². The molecule has 0 heterocycles. The summed E-state index contributed by atoms with van der Waals surface area (Å²) in [5.74, 6) is 1.23. The molecular formula is C13H19NO3. The quantitative estimate of drug-likeness (QED) is 0.767. The second kappa shape index (κ2) is 6.25. The standard InChI is InChI=1S/C13H19NO3/c1-9(2)14-8-12(15)11-6-5-10(16-3)7-13(11)17-4/h5-7,9,14H,8H2,1-4H3. The molecule has 0 saturated carbocycles. The Balaban J connectivity index is 2.85. The molecule has 0 bridgehead atoms. The number of methoxy groups -OCH3 is 2. The van der Waals surface area contributed by atoms with Crippen molar-refractivity contribution in [2.24, 2.45) is 0 Å². The topological polar surface area (TPSA) is 47.6 Å². The molecule has 0 amide bonds. The summed E-state index contributed by atoms with van der Waals surface area (Å²) >= 11 is 0. The average Bonchev–Trinajstić information content (AvgIpc) is 2.34. The van der Waals surface area contributed by atoms with Crippen molar-refractivity contribution in [3.63, 3.8) is 0 Å². The van der Waals surface area contributed by atoms with E-state index in [-0.39, 0.29) is 11.8 Å². The fourth-order valence-electron chi connectivity index (χ4n) is 1.42. The van der Waals surface area contributed by atoms with E-state index in [1.54, 1.807) is 32.4 Å². The smallest absolute Gasteiger partial charge is 0.180 e. The number of hydrogen-bond donors (Lipinski definition) is 1. The van der Waals surface area contributed by atoms with Crippen LogP contribution in [0.15, 0.2) is 18.2 Å². The van der Waals surface area contributed by atoms with E-state index >= 15 is 0 Å². The van der Waals surface area contributed by atoms with Gasteiger partial charge in [-0.15, -0.1) is 0 Å². The minimum absolute atomic E-state index is 0.0122. The molecule has 0 aliphatic carbocycles. The number of nitrogens with one attached hydrogen (secondary N) is 1. The Kier molecular flexibility index (Phi) is 4.97. The predicted octanol–water partition coefficient (Wildman–Crippen LogP) is 1.88. The van der Waals surface area contributed by atoms with Crippen LogP contribution < -0.4 is 14.8 Å². The van der Waals surface area contributed by atoms with Crippen molar-refractivity contribution in [3.05, 3.63) is 23.8 Å². The maximum absolute atomic E-state index is 11.9. The average molecular weight is 237 g/mol. The number of ether oxygens (including phenoxy) is 2. The zero-order valence-electron chi connectivity index (χ0n) is 10.7. The van der Waals surface area contributed by atoms with Crippen molar-refractivity contribution < 1.29 is 14.3 Å². The predicted molar refractivity (Wildman–Crippen MR) is 67.0 cm³/mol. The molecule has 0 radical (unpaired) electrons. The Bertz CT molecular complexity index is 388. The molecule has 4 heteroatoms. The lowest BCUT2D eigenvalue weighted by Crippen LogP contribution is -2.29. The van der Waals surface area contributed by atoms with Gasteiger partial charge < -0.3 is 14.8 Å². The maximum Gasteiger partial charge on any atom is 0.180 e. The highest BCUT2D eigenvalue weighted by molar-refractivity contribution is 6.00. The molecule has 0 atom stereocenters. The number of hydrogen-bond acceptors (Lipinski definition) is 4. The molecular weight excluding hydrogens is 218 g/mol. The highest BCUT2D eigenvalue weighted by Gasteiger charge is 2.13. The van der Waals surface area contributed by atoms with Gasteiger partial charge in [0.05, 0.1) is 26.3 Å². The molecule has 0 saturated heterocycles. The van der Waals surface area contributed by atoms with E-state index in [0.29, 0.717) is 23.6 Å². The fourth-order valence-corrected chi connectivity index (χ4v) is 1.42. The van der Waals surface area contributed by atoms with Gasteiger partial charge in [-0.05, 0) is 12.1 Å². The van der Waals surface area contributed by atoms with E-state index in [9.17, 15) is 4.79 Å². The van der Waals surface area contributed by atoms with Gasteiger partial charge in [-0.1, -0.05) is 13.8 Å². The molecule has 0 fully saturated rings. The van der Waals surface area contributed by atoms with E-state index in [4.69, 9.17) is 9.47 Å². The first kappa shape index (κ1) is 13.5. The lowest BCUT2D eigenvalue weighted by molar-refractivity contribution is 0.0985. The monoisotopic (exact) mass is 237 g/mol. The van der Waals surface area contributed by atoms with Crippen molar-refractivity contribution >= 4 is 5.78 Å². The zero-order chi connectivity index (χ0) is 12.8. The van der Waals surface area contributed by atoms with Crippen LogP contribution in [0.25, 0.3) is 0 Å². The Morgan fingerprint density at radius 3 is 2.53 bits per heavy atom. The summed E-state index contributed by atoms with van der Waals surface area (Å²) in [7, 11) is 3.12. The summed E-state index contributed by atoms with van der Waals surface area (Å²) < 4.78 is 10.3. The molecule has 94 valence electrons. The summed E-state index contributed by atoms with van der Waals surface area (Å²) in [5, 5.41) is 3.09. The van der Waals surface area contributed by atoms with E-state index in [1.165, 1.54) is 0 Å². The number of ketones is 1. The Morgan fingerprint density at radius 2 is 2.00 bits per heavy atom. The molecule has 1 N–H and O–H groups in total. The van der Waals surface area contributed by atoms with Gasteiger partial charge in [0.1, 0.15) is 11.5 Å². The number of Topliss-reactive ketones (excluding diaryl/α,β-unsaturated/α-hetero) is 1. The first-order valence-electron chi connectivity index (χ1n) is 5.57. The third kappa shape index (κ3) is 3.75. The molecule has 1 rings (SSSR count). The van der Waals surface area contributed by atoms with Crippen LogP contribution in [-0.4, -0.2) is 32.6 Å². The normalized spacial score (nSPS) is 10.4. The molecule has 1 aromatic carbocycles. The van der Waals surface area contributed by atoms with Gasteiger partial charge in [-0.25, -0.2) is 0 Å². The number of carbonyl (C=O) groups excluding carboxylic acids is 1. The Morgan fingerprint density at radius 1 is 1.29 bits per heavy atom. The Labute approximate surface area is 102 Å². The van der Waals surface area contributed by atoms with Crippen molar-refractivity contribution in [2.75, 3.05) is 20.8 Å². The lowest BCUT2D eigenvalue weighted by Gasteiger charge is -2.11. The SMILES string of the molecule is COc1ccc(C(=O)CNC(C)C)c(OC)c1. The van der Waals surface area contributed by atoms with Crippen LogP contribution in [0.2, 0.25) is 0 Å². The van der Waals surface area contributed by atoms with Crippen molar-refractivity contribution in [2.45, 2.75) is 19.9 Å². The second-order valence-electron chi connectivity index (χ2n) is 4.02. The van der Waals surface area contributed by atoms with Gasteiger partial charge in [0.25, 0.3) is 0 Å². The third-order valence-electron chi connectivity index (χ3n) is 2.38. The van der Waals surface area contributed by atoms with Crippen molar-refractivity contribution in [1.29, 1.82) is 0 Å². The summed E-state index contributed by atoms with van der Waals surface area (Å²) in [4.78, 5) is 11.9. The third-order valence-corrected chi connectivity index (χ3v) is 2.38. The number of carbonyl (C=O) groups is 1. The van der Waals surface area contributed by atoms with Gasteiger partial charge in [0, 0.05) is 12.1 Å². The van der Waals surface area contributed by atoms with Crippen LogP contribution in [0, 0.1) is 0 Å². The van der Waals surface area contributed by atoms with Crippen LogP contribution in [0.1, 0.15) is 24.2 Å². The summed E-state index contributed by atoms with van der Waals surface area (Å²) in [6.45, 7) is 4.30. The van der Waals surface area contributed by atoms with Gasteiger partial charge in [-0.2, -0.15) is 0 Å².